The van der Waals surface area contributed by atoms with Crippen LogP contribution in [-0.4, -0.2) is 148 Å². The summed E-state index contributed by atoms with van der Waals surface area (Å²) in [6.07, 6.45) is 4.47. The molecule has 2 bridgehead atoms. The average Bonchev–Trinajstić information content (AvgIpc) is 2.39. The van der Waals surface area contributed by atoms with Gasteiger partial charge in [0.15, 0.2) is 0 Å². The maximum atomic E-state index is 15.7. The molecular weight excluding hydrogens is 1190 g/mol. The number of imide groups is 1. The van der Waals surface area contributed by atoms with Gasteiger partial charge in [0.05, 0.1) is 10.6 Å². The number of halogens is 5. The summed E-state index contributed by atoms with van der Waals surface area (Å²) in [5.41, 5.74) is -0.122. The first kappa shape index (κ1) is 61.3. The lowest BCUT2D eigenvalue weighted by molar-refractivity contribution is -0.136. The van der Waals surface area contributed by atoms with Crippen molar-refractivity contribution >= 4 is 83.8 Å². The van der Waals surface area contributed by atoms with Gasteiger partial charge in [0.25, 0.3) is 31.7 Å². The number of rotatable bonds is 19. The molecule has 16 nitrogen and oxygen atoms in total. The highest BCUT2D eigenvalue weighted by atomic mass is 35.5. The molecule has 24 heteroatoms. The van der Waals surface area contributed by atoms with E-state index >= 15 is 4.39 Å². The Morgan fingerprint density at radius 3 is 2.24 bits per heavy atom. The van der Waals surface area contributed by atoms with Gasteiger partial charge in [-0.2, -0.15) is 13.2 Å². The number of carbonyl (C=O) groups excluding carboxylic acids is 4. The number of anilines is 2. The van der Waals surface area contributed by atoms with E-state index in [1.165, 1.54) is 51.6 Å². The molecule has 5 aromatic carbocycles. The number of benzene rings is 5. The topological polar surface area (TPSA) is 189 Å². The summed E-state index contributed by atoms with van der Waals surface area (Å²) in [5, 5.41) is 6.01. The summed E-state index contributed by atoms with van der Waals surface area (Å²) < 4.78 is 116. The number of sulfonamides is 1. The smallest absolute Gasteiger partial charge is 0.380 e. The number of nitrogens with zero attached hydrogens (tertiary/aromatic N) is 5. The van der Waals surface area contributed by atoms with E-state index in [9.17, 15) is 49.2 Å². The second-order valence-corrected chi connectivity index (χ2v) is 29.1. The fraction of sp³-hybridized carbons (Fsp3) is 0.419. The highest BCUT2D eigenvalue weighted by Crippen LogP contribution is 2.44. The number of piperazine rings is 2. The van der Waals surface area contributed by atoms with Crippen LogP contribution in [0, 0.1) is 11.2 Å². The number of hydrogen-bond donors (Lipinski definition) is 3. The zero-order valence-corrected chi connectivity index (χ0v) is 50.8. The molecule has 6 aliphatic rings. The van der Waals surface area contributed by atoms with Crippen LogP contribution in [0.25, 0.3) is 5.57 Å². The minimum absolute atomic E-state index is 0.0309. The van der Waals surface area contributed by atoms with E-state index in [1.54, 1.807) is 18.2 Å². The quantitative estimate of drug-likeness (QED) is 0.0403. The van der Waals surface area contributed by atoms with Crippen molar-refractivity contribution in [3.63, 3.8) is 0 Å². The van der Waals surface area contributed by atoms with Gasteiger partial charge in [-0.1, -0.05) is 61.4 Å². The molecule has 0 saturated carbocycles. The molecule has 4 saturated heterocycles. The van der Waals surface area contributed by atoms with Crippen molar-refractivity contribution in [1.82, 2.24) is 29.6 Å². The summed E-state index contributed by atoms with van der Waals surface area (Å²) >= 11 is 7.62. The van der Waals surface area contributed by atoms with Gasteiger partial charge in [-0.05, 0) is 140 Å². The number of nitrogens with one attached hydrogen (secondary N) is 3. The van der Waals surface area contributed by atoms with Crippen LogP contribution in [0.15, 0.2) is 129 Å². The van der Waals surface area contributed by atoms with Crippen molar-refractivity contribution in [3.05, 3.63) is 153 Å². The number of alkyl halides is 3. The Bertz CT molecular complexity index is 3700. The Hall–Kier alpha value is -6.34. The maximum Gasteiger partial charge on any atom is 0.501 e. The van der Waals surface area contributed by atoms with E-state index in [2.05, 4.69) is 56.2 Å². The Balaban J connectivity index is 0.730. The largest absolute Gasteiger partial charge is 0.501 e. The number of carbonyl (C=O) groups is 4. The highest BCUT2D eigenvalue weighted by Gasteiger charge is 2.49. The van der Waals surface area contributed by atoms with Crippen molar-refractivity contribution in [2.24, 2.45) is 5.41 Å². The van der Waals surface area contributed by atoms with Crippen LogP contribution in [0.3, 0.4) is 0 Å². The van der Waals surface area contributed by atoms with Crippen molar-refractivity contribution in [2.45, 2.75) is 116 Å². The molecule has 0 spiro atoms. The normalized spacial score (nSPS) is 21.7. The van der Waals surface area contributed by atoms with Crippen LogP contribution in [-0.2, 0) is 42.5 Å². The van der Waals surface area contributed by atoms with E-state index in [1.807, 2.05) is 47.2 Å². The Kier molecular flexibility index (Phi) is 17.6. The summed E-state index contributed by atoms with van der Waals surface area (Å²) in [6, 6.07) is 27.5. The van der Waals surface area contributed by atoms with Crippen molar-refractivity contribution < 1.29 is 53.6 Å². The maximum absolute atomic E-state index is 15.7. The van der Waals surface area contributed by atoms with E-state index in [4.69, 9.17) is 11.6 Å². The minimum Gasteiger partial charge on any atom is -0.380 e. The Morgan fingerprint density at radius 2 is 1.56 bits per heavy atom. The monoisotopic (exact) mass is 1260 g/mol. The molecule has 4 amide bonds. The van der Waals surface area contributed by atoms with Gasteiger partial charge < -0.3 is 15.1 Å². The SMILES string of the molecule is CC1(C)CCC(c2ccc(Cl)cc2)=C(CN2CCN(c3ccc(C(=O)NS(=O)(=O)c4ccc(NC(CCN5C[C@@H]6C[C@H]5CN6Cc5cc6c(cc5F)C(=O)N(C5CCC(=O)NC5=O)C6)CSc5ccccc5)c(S(=O)(=O)C(F)(F)F)c4)cc3)CC2)C1. The van der Waals surface area contributed by atoms with Gasteiger partial charge in [0.1, 0.15) is 16.8 Å². The molecule has 5 aliphatic heterocycles. The van der Waals surface area contributed by atoms with E-state index in [0.717, 1.165) is 68.0 Å². The van der Waals surface area contributed by atoms with Gasteiger partial charge in [0, 0.05) is 128 Å². The van der Waals surface area contributed by atoms with Gasteiger partial charge >= 0.3 is 5.51 Å². The number of likely N-dealkylation sites (tertiary alicyclic amines) is 2. The van der Waals surface area contributed by atoms with E-state index in [0.29, 0.717) is 61.4 Å². The van der Waals surface area contributed by atoms with Crippen LogP contribution < -0.4 is 20.3 Å². The van der Waals surface area contributed by atoms with Crippen LogP contribution in [0.1, 0.15) is 96.2 Å². The predicted molar refractivity (Wildman–Crippen MR) is 321 cm³/mol. The third kappa shape index (κ3) is 13.4. The third-order valence-electron chi connectivity index (χ3n) is 17.6. The predicted octanol–water partition coefficient (Wildman–Crippen LogP) is 9.36. The molecular formula is C62H67ClF4N8O8S3. The van der Waals surface area contributed by atoms with Crippen molar-refractivity contribution in [1.29, 1.82) is 0 Å². The Morgan fingerprint density at radius 1 is 0.849 bits per heavy atom. The number of fused-ring (bicyclic) bond motifs is 3. The Labute approximate surface area is 507 Å². The van der Waals surface area contributed by atoms with Crippen LogP contribution >= 0.6 is 23.4 Å². The average molecular weight is 1260 g/mol. The molecule has 0 aromatic heterocycles. The molecule has 5 heterocycles. The van der Waals surface area contributed by atoms with Crippen molar-refractivity contribution in [2.75, 3.05) is 68.3 Å². The summed E-state index contributed by atoms with van der Waals surface area (Å²) in [7, 11) is -11.1. The molecule has 11 rings (SSSR count). The zero-order valence-electron chi connectivity index (χ0n) is 47.5. The molecule has 1 aliphatic carbocycles. The second-order valence-electron chi connectivity index (χ2n) is 24.0. The molecule has 3 N–H and O–H groups in total. The molecule has 456 valence electrons. The highest BCUT2D eigenvalue weighted by molar-refractivity contribution is 7.99. The standard InChI is InChI=1S/C62H67ClF4N8O8S3/c1-61(2)22-20-51(39-8-12-44(63)13-9-39)43(32-61)33-71-24-26-72(27-25-71)46-14-10-40(11-15-46)58(77)70-86(82,83)50-16-17-54(56(30-50)85(80,81)62(65,66)67)68-45(38-84-49-6-4-3-5-7-49)21-23-73-36-48-29-47(73)37-74(48)34-42-28-41-35-75(60(79)52(41)31-53(42)64)55-18-19-57(76)69-59(55)78/h3-17,28,30-31,45,47-48,55,68H,18-27,29,32-38H2,1-2H3,(H,70,77)(H,69,76,78)/t45?,47-,48-,55?/m0/s1. The van der Waals surface area contributed by atoms with Gasteiger partial charge in [-0.25, -0.2) is 25.9 Å². The number of amides is 4. The fourth-order valence-corrected chi connectivity index (χ4v) is 16.1. The van der Waals surface area contributed by atoms with Gasteiger partial charge in [-0.15, -0.1) is 11.8 Å². The van der Waals surface area contributed by atoms with E-state index in [-0.39, 0.29) is 60.3 Å². The minimum atomic E-state index is -6.17. The number of hydrogen-bond acceptors (Lipinski definition) is 14. The molecule has 4 atom stereocenters. The summed E-state index contributed by atoms with van der Waals surface area (Å²) in [5.74, 6) is -2.76. The van der Waals surface area contributed by atoms with Crippen molar-refractivity contribution in [3.8, 4) is 0 Å². The van der Waals surface area contributed by atoms with Crippen LogP contribution in [0.5, 0.6) is 0 Å². The first-order valence-corrected chi connectivity index (χ1v) is 33.2. The second kappa shape index (κ2) is 24.7. The zero-order chi connectivity index (χ0) is 60.9. The molecule has 0 radical (unpaired) electrons. The molecule has 4 fully saturated rings. The van der Waals surface area contributed by atoms with Crippen LogP contribution in [0.4, 0.5) is 28.9 Å². The van der Waals surface area contributed by atoms with Crippen LogP contribution in [0.2, 0.25) is 5.02 Å². The summed E-state index contributed by atoms with van der Waals surface area (Å²) in [6.45, 7) is 10.5. The number of sulfone groups is 1. The lowest BCUT2D eigenvalue weighted by atomic mass is 9.73. The fourth-order valence-electron chi connectivity index (χ4n) is 12.9. The lowest BCUT2D eigenvalue weighted by Gasteiger charge is -2.39. The van der Waals surface area contributed by atoms with Gasteiger partial charge in [0.2, 0.25) is 11.8 Å². The molecule has 2 unspecified atom stereocenters. The van der Waals surface area contributed by atoms with E-state index < -0.39 is 82.4 Å². The number of piperidine rings is 1. The molecule has 86 heavy (non-hydrogen) atoms. The number of allylic oxidation sites excluding steroid dienone is 1. The first-order chi connectivity index (χ1) is 40.9. The summed E-state index contributed by atoms with van der Waals surface area (Å²) in [4.78, 5) is 60.3. The lowest BCUT2D eigenvalue weighted by Crippen LogP contribution is -2.52. The third-order valence-corrected chi connectivity index (χ3v) is 21.9. The number of thioether (sulfide) groups is 1. The van der Waals surface area contributed by atoms with Gasteiger partial charge in [-0.3, -0.25) is 39.2 Å². The molecule has 5 aromatic rings. The first-order valence-electron chi connectivity index (χ1n) is 28.8.